The van der Waals surface area contributed by atoms with Crippen molar-refractivity contribution in [2.24, 2.45) is 0 Å². The van der Waals surface area contributed by atoms with Gasteiger partial charge in [0, 0.05) is 12.0 Å². The molecule has 3 aromatic rings. The van der Waals surface area contributed by atoms with Crippen molar-refractivity contribution in [1.29, 1.82) is 0 Å². The summed E-state index contributed by atoms with van der Waals surface area (Å²) in [6, 6.07) is 3.75. The summed E-state index contributed by atoms with van der Waals surface area (Å²) in [6.45, 7) is 2.02. The van der Waals surface area contributed by atoms with Gasteiger partial charge in [-0.1, -0.05) is 18.3 Å². The Hall–Kier alpha value is -2.35. The molecule has 0 aliphatic rings. The number of rotatable bonds is 5. The van der Waals surface area contributed by atoms with Gasteiger partial charge in [0.2, 0.25) is 10.7 Å². The molecule has 0 amide bonds. The Morgan fingerprint density at radius 1 is 1.05 bits per heavy atom. The first-order chi connectivity index (χ1) is 10.7. The molecule has 0 aliphatic heterocycles. The Bertz CT molecular complexity index is 787. The maximum Gasteiger partial charge on any atom is 0.234 e. The van der Waals surface area contributed by atoms with Crippen LogP contribution in [0.25, 0.3) is 15.5 Å². The second-order valence-electron chi connectivity index (χ2n) is 4.49. The molecule has 0 saturated heterocycles. The summed E-state index contributed by atoms with van der Waals surface area (Å²) in [4.78, 5) is 0.764. The first-order valence-electron chi connectivity index (χ1n) is 6.73. The first-order valence-corrected chi connectivity index (χ1v) is 7.55. The van der Waals surface area contributed by atoms with Crippen molar-refractivity contribution in [1.82, 2.24) is 19.8 Å². The van der Waals surface area contributed by atoms with Gasteiger partial charge < -0.3 is 14.2 Å². The summed E-state index contributed by atoms with van der Waals surface area (Å²) < 4.78 is 17.9. The maximum absolute atomic E-state index is 5.38. The van der Waals surface area contributed by atoms with Crippen molar-refractivity contribution < 1.29 is 14.2 Å². The minimum atomic E-state index is 0.561. The van der Waals surface area contributed by atoms with Gasteiger partial charge in [-0.2, -0.15) is 9.61 Å². The van der Waals surface area contributed by atoms with Crippen LogP contribution in [-0.4, -0.2) is 41.1 Å². The summed E-state index contributed by atoms with van der Waals surface area (Å²) in [5.41, 5.74) is 0.882. The van der Waals surface area contributed by atoms with E-state index in [-0.39, 0.29) is 0 Å². The number of aryl methyl sites for hydroxylation is 1. The fourth-order valence-corrected chi connectivity index (χ4v) is 3.04. The van der Waals surface area contributed by atoms with E-state index in [0.29, 0.717) is 17.2 Å². The summed E-state index contributed by atoms with van der Waals surface area (Å²) in [7, 11) is 4.76. The van der Waals surface area contributed by atoms with Gasteiger partial charge in [-0.25, -0.2) is 0 Å². The van der Waals surface area contributed by atoms with Gasteiger partial charge in [0.05, 0.1) is 21.3 Å². The molecule has 0 atom stereocenters. The van der Waals surface area contributed by atoms with Crippen LogP contribution in [0.2, 0.25) is 0 Å². The van der Waals surface area contributed by atoms with Crippen molar-refractivity contribution in [3.63, 3.8) is 0 Å². The predicted molar refractivity (Wildman–Crippen MR) is 83.1 cm³/mol. The topological polar surface area (TPSA) is 70.8 Å². The van der Waals surface area contributed by atoms with E-state index in [1.807, 2.05) is 19.1 Å². The van der Waals surface area contributed by atoms with Crippen LogP contribution < -0.4 is 14.2 Å². The molecular weight excluding hydrogens is 304 g/mol. The highest BCUT2D eigenvalue weighted by molar-refractivity contribution is 7.19. The summed E-state index contributed by atoms with van der Waals surface area (Å²) in [5.74, 6) is 2.59. The molecule has 0 spiro atoms. The predicted octanol–water partition coefficient (Wildman–Crippen LogP) is 2.44. The van der Waals surface area contributed by atoms with Crippen molar-refractivity contribution in [3.8, 4) is 27.8 Å². The van der Waals surface area contributed by atoms with Crippen LogP contribution in [0.15, 0.2) is 12.1 Å². The van der Waals surface area contributed by atoms with Gasteiger partial charge in [0.15, 0.2) is 17.3 Å². The van der Waals surface area contributed by atoms with E-state index in [9.17, 15) is 0 Å². The van der Waals surface area contributed by atoms with Gasteiger partial charge in [0.25, 0.3) is 0 Å². The van der Waals surface area contributed by atoms with Gasteiger partial charge in [-0.3, -0.25) is 0 Å². The standard InChI is InChI=1S/C14H16N4O3S/c1-5-11-15-16-14-18(11)17-13(22-14)8-6-9(19-2)12(21-4)10(7-8)20-3/h6-7H,5H2,1-4H3. The molecule has 0 aliphatic carbocycles. The molecule has 0 radical (unpaired) electrons. The lowest BCUT2D eigenvalue weighted by Crippen LogP contribution is -1.96. The molecule has 22 heavy (non-hydrogen) atoms. The number of hydrogen-bond acceptors (Lipinski definition) is 7. The number of hydrogen-bond donors (Lipinski definition) is 0. The Labute approximate surface area is 131 Å². The van der Waals surface area contributed by atoms with Crippen molar-refractivity contribution in [3.05, 3.63) is 18.0 Å². The highest BCUT2D eigenvalue weighted by atomic mass is 32.1. The molecule has 2 heterocycles. The molecule has 0 fully saturated rings. The summed E-state index contributed by atoms with van der Waals surface area (Å²) in [5, 5.41) is 13.6. The monoisotopic (exact) mass is 320 g/mol. The maximum atomic E-state index is 5.38. The molecule has 2 aromatic heterocycles. The largest absolute Gasteiger partial charge is 0.493 e. The van der Waals surface area contributed by atoms with Crippen molar-refractivity contribution >= 4 is 16.3 Å². The first kappa shape index (κ1) is 14.6. The zero-order chi connectivity index (χ0) is 15.7. The van der Waals surface area contributed by atoms with Crippen LogP contribution in [0.3, 0.4) is 0 Å². The zero-order valence-corrected chi connectivity index (χ0v) is 13.6. The van der Waals surface area contributed by atoms with Gasteiger partial charge in [0.1, 0.15) is 5.01 Å². The molecule has 0 saturated carbocycles. The van der Waals surface area contributed by atoms with E-state index in [0.717, 1.165) is 27.8 Å². The molecule has 7 nitrogen and oxygen atoms in total. The average Bonchev–Trinajstić information content (AvgIpc) is 3.13. The van der Waals surface area contributed by atoms with Crippen LogP contribution in [0.1, 0.15) is 12.7 Å². The highest BCUT2D eigenvalue weighted by Crippen LogP contribution is 2.41. The Morgan fingerprint density at radius 2 is 1.73 bits per heavy atom. The van der Waals surface area contributed by atoms with Gasteiger partial charge in [-0.05, 0) is 12.1 Å². The third-order valence-corrected chi connectivity index (χ3v) is 4.23. The molecular formula is C14H16N4O3S. The van der Waals surface area contributed by atoms with E-state index in [1.165, 1.54) is 11.3 Å². The van der Waals surface area contributed by atoms with E-state index < -0.39 is 0 Å². The third kappa shape index (κ3) is 2.25. The zero-order valence-electron chi connectivity index (χ0n) is 12.8. The van der Waals surface area contributed by atoms with Gasteiger partial charge >= 0.3 is 0 Å². The number of methoxy groups -OCH3 is 3. The van der Waals surface area contributed by atoms with E-state index >= 15 is 0 Å². The smallest absolute Gasteiger partial charge is 0.234 e. The fraction of sp³-hybridized carbons (Fsp3) is 0.357. The number of aromatic nitrogens is 4. The number of ether oxygens (including phenoxy) is 3. The summed E-state index contributed by atoms with van der Waals surface area (Å²) >= 11 is 1.46. The van der Waals surface area contributed by atoms with Crippen LogP contribution in [-0.2, 0) is 6.42 Å². The fourth-order valence-electron chi connectivity index (χ4n) is 2.20. The van der Waals surface area contributed by atoms with Gasteiger partial charge in [-0.15, -0.1) is 10.2 Å². The Kier molecular flexibility index (Phi) is 3.84. The lowest BCUT2D eigenvalue weighted by atomic mass is 10.2. The Morgan fingerprint density at radius 3 is 2.27 bits per heavy atom. The summed E-state index contributed by atoms with van der Waals surface area (Å²) in [6.07, 6.45) is 0.777. The lowest BCUT2D eigenvalue weighted by Gasteiger charge is -2.13. The SMILES string of the molecule is CCc1nnc2sc(-c3cc(OC)c(OC)c(OC)c3)nn12. The van der Waals surface area contributed by atoms with Crippen LogP contribution in [0, 0.1) is 0 Å². The number of benzene rings is 1. The van der Waals surface area contributed by atoms with E-state index in [4.69, 9.17) is 14.2 Å². The van der Waals surface area contributed by atoms with Crippen molar-refractivity contribution in [2.75, 3.05) is 21.3 Å². The van der Waals surface area contributed by atoms with Crippen LogP contribution in [0.4, 0.5) is 0 Å². The molecule has 3 rings (SSSR count). The van der Waals surface area contributed by atoms with Crippen LogP contribution in [0.5, 0.6) is 17.2 Å². The second-order valence-corrected chi connectivity index (χ2v) is 5.44. The van der Waals surface area contributed by atoms with E-state index in [1.54, 1.807) is 25.8 Å². The Balaban J connectivity index is 2.14. The van der Waals surface area contributed by atoms with Crippen molar-refractivity contribution in [2.45, 2.75) is 13.3 Å². The molecule has 0 bridgehead atoms. The number of fused-ring (bicyclic) bond motifs is 1. The second kappa shape index (κ2) is 5.80. The third-order valence-electron chi connectivity index (χ3n) is 3.28. The molecule has 8 heteroatoms. The average molecular weight is 320 g/mol. The van der Waals surface area contributed by atoms with E-state index in [2.05, 4.69) is 15.3 Å². The van der Waals surface area contributed by atoms with Crippen LogP contribution >= 0.6 is 11.3 Å². The molecule has 1 aromatic carbocycles. The number of nitrogens with zero attached hydrogens (tertiary/aromatic N) is 4. The minimum absolute atomic E-state index is 0.561. The minimum Gasteiger partial charge on any atom is -0.493 e. The molecule has 0 N–H and O–H groups in total. The lowest BCUT2D eigenvalue weighted by molar-refractivity contribution is 0.324. The quantitative estimate of drug-likeness (QED) is 0.719. The molecule has 0 unspecified atom stereocenters. The highest BCUT2D eigenvalue weighted by Gasteiger charge is 2.17. The normalized spacial score (nSPS) is 10.9. The molecule has 116 valence electrons.